The number of benzene rings is 2. The highest BCUT2D eigenvalue weighted by molar-refractivity contribution is 7.99. The maximum Gasteiger partial charge on any atom is 0.229 e. The molecule has 166 valence electrons. The number of carbonyl (C=O) groups excluding carboxylic acids is 1. The SMILES string of the molecule is CCOc1ccc2nc(N(CCN(CC)CC)C(=O)CCSc3ccccc3)sc2c1. The van der Waals surface area contributed by atoms with Gasteiger partial charge in [0.25, 0.3) is 0 Å². The first-order chi connectivity index (χ1) is 15.1. The van der Waals surface area contributed by atoms with E-state index in [9.17, 15) is 4.79 Å². The summed E-state index contributed by atoms with van der Waals surface area (Å²) in [6, 6.07) is 16.1. The summed E-state index contributed by atoms with van der Waals surface area (Å²) >= 11 is 3.27. The van der Waals surface area contributed by atoms with Gasteiger partial charge in [-0.25, -0.2) is 4.98 Å². The third kappa shape index (κ3) is 6.69. The number of rotatable bonds is 12. The van der Waals surface area contributed by atoms with Crippen LogP contribution in [0.2, 0.25) is 0 Å². The first-order valence-corrected chi connectivity index (χ1v) is 12.7. The molecule has 2 aromatic carbocycles. The van der Waals surface area contributed by atoms with Crippen molar-refractivity contribution in [3.8, 4) is 5.75 Å². The van der Waals surface area contributed by atoms with Crippen LogP contribution in [0, 0.1) is 0 Å². The molecule has 0 aliphatic rings. The van der Waals surface area contributed by atoms with E-state index in [2.05, 4.69) is 30.9 Å². The van der Waals surface area contributed by atoms with Crippen molar-refractivity contribution in [3.63, 3.8) is 0 Å². The second-order valence-electron chi connectivity index (χ2n) is 7.04. The van der Waals surface area contributed by atoms with Gasteiger partial charge in [-0.3, -0.25) is 9.69 Å². The van der Waals surface area contributed by atoms with Crippen molar-refractivity contribution in [2.45, 2.75) is 32.1 Å². The van der Waals surface area contributed by atoms with Crippen LogP contribution in [0.4, 0.5) is 5.13 Å². The van der Waals surface area contributed by atoms with Crippen LogP contribution in [-0.2, 0) is 4.79 Å². The van der Waals surface area contributed by atoms with E-state index in [1.54, 1.807) is 23.1 Å². The molecule has 3 rings (SSSR count). The lowest BCUT2D eigenvalue weighted by atomic mass is 10.3. The summed E-state index contributed by atoms with van der Waals surface area (Å²) < 4.78 is 6.67. The second-order valence-corrected chi connectivity index (χ2v) is 9.22. The highest BCUT2D eigenvalue weighted by Gasteiger charge is 2.20. The molecule has 0 spiro atoms. The number of aromatic nitrogens is 1. The van der Waals surface area contributed by atoms with Gasteiger partial charge in [-0.15, -0.1) is 11.8 Å². The number of amides is 1. The predicted octanol–water partition coefficient (Wildman–Crippen LogP) is 5.55. The standard InChI is InChI=1S/C24H31N3O2S2/c1-4-26(5-2)15-16-27(23(28)14-17-30-20-10-8-7-9-11-20)24-25-21-13-12-19(29-6-3)18-22(21)31-24/h7-13,18H,4-6,14-17H2,1-3H3. The number of hydrogen-bond acceptors (Lipinski definition) is 6. The van der Waals surface area contributed by atoms with Crippen LogP contribution in [0.5, 0.6) is 5.75 Å². The molecule has 1 aromatic heterocycles. The number of ether oxygens (including phenoxy) is 1. The molecular formula is C24H31N3O2S2. The average molecular weight is 458 g/mol. The van der Waals surface area contributed by atoms with E-state index >= 15 is 0 Å². The number of nitrogens with zero attached hydrogens (tertiary/aromatic N) is 3. The van der Waals surface area contributed by atoms with Gasteiger partial charge < -0.3 is 9.64 Å². The van der Waals surface area contributed by atoms with Gasteiger partial charge in [0.15, 0.2) is 5.13 Å². The smallest absolute Gasteiger partial charge is 0.229 e. The van der Waals surface area contributed by atoms with Gasteiger partial charge in [-0.1, -0.05) is 43.4 Å². The monoisotopic (exact) mass is 457 g/mol. The van der Waals surface area contributed by atoms with Crippen molar-refractivity contribution >= 4 is 44.4 Å². The molecule has 0 fully saturated rings. The molecule has 0 radical (unpaired) electrons. The van der Waals surface area contributed by atoms with Crippen LogP contribution in [0.25, 0.3) is 10.2 Å². The van der Waals surface area contributed by atoms with Crippen molar-refractivity contribution in [2.75, 3.05) is 43.4 Å². The van der Waals surface area contributed by atoms with Gasteiger partial charge in [0.2, 0.25) is 5.91 Å². The summed E-state index contributed by atoms with van der Waals surface area (Å²) in [6.45, 7) is 10.3. The molecule has 31 heavy (non-hydrogen) atoms. The quantitative estimate of drug-likeness (QED) is 0.334. The number of fused-ring (bicyclic) bond motifs is 1. The molecule has 1 amide bonds. The first kappa shape index (κ1) is 23.6. The molecule has 0 aliphatic heterocycles. The summed E-state index contributed by atoms with van der Waals surface area (Å²) in [5, 5.41) is 0.769. The largest absolute Gasteiger partial charge is 0.494 e. The maximum absolute atomic E-state index is 13.2. The van der Waals surface area contributed by atoms with Crippen LogP contribution < -0.4 is 9.64 Å². The maximum atomic E-state index is 13.2. The van der Waals surface area contributed by atoms with Gasteiger partial charge in [0.1, 0.15) is 5.75 Å². The number of hydrogen-bond donors (Lipinski definition) is 0. The summed E-state index contributed by atoms with van der Waals surface area (Å²) in [4.78, 5) is 23.4. The number of anilines is 1. The number of thiazole rings is 1. The van der Waals surface area contributed by atoms with Crippen LogP contribution in [0.3, 0.4) is 0 Å². The minimum atomic E-state index is 0.125. The lowest BCUT2D eigenvalue weighted by Gasteiger charge is -2.24. The number of carbonyl (C=O) groups is 1. The van der Waals surface area contributed by atoms with Crippen LogP contribution in [0.15, 0.2) is 53.4 Å². The zero-order valence-corrected chi connectivity index (χ0v) is 20.2. The molecule has 7 heteroatoms. The number of likely N-dealkylation sites (N-methyl/N-ethyl adjacent to an activating group) is 1. The molecule has 0 saturated heterocycles. The minimum absolute atomic E-state index is 0.125. The second kappa shape index (κ2) is 12.1. The fourth-order valence-corrected chi connectivity index (χ4v) is 5.18. The Morgan fingerprint density at radius 1 is 1.06 bits per heavy atom. The van der Waals surface area contributed by atoms with Crippen LogP contribution >= 0.6 is 23.1 Å². The molecule has 0 unspecified atom stereocenters. The van der Waals surface area contributed by atoms with E-state index in [4.69, 9.17) is 9.72 Å². The molecule has 0 aliphatic carbocycles. The normalized spacial score (nSPS) is 11.2. The van der Waals surface area contributed by atoms with Gasteiger partial charge in [0.05, 0.1) is 16.8 Å². The summed E-state index contributed by atoms with van der Waals surface area (Å²) in [5.41, 5.74) is 0.905. The third-order valence-electron chi connectivity index (χ3n) is 5.05. The van der Waals surface area contributed by atoms with Gasteiger partial charge >= 0.3 is 0 Å². The first-order valence-electron chi connectivity index (χ1n) is 10.9. The van der Waals surface area contributed by atoms with Crippen molar-refractivity contribution in [3.05, 3.63) is 48.5 Å². The Balaban J connectivity index is 1.74. The molecule has 0 atom stereocenters. The van der Waals surface area contributed by atoms with Gasteiger partial charge in [-0.2, -0.15) is 0 Å². The van der Waals surface area contributed by atoms with E-state index in [1.807, 2.05) is 48.2 Å². The Labute approximate surface area is 193 Å². The number of thioether (sulfide) groups is 1. The summed E-state index contributed by atoms with van der Waals surface area (Å²) in [6.07, 6.45) is 0.484. The fraction of sp³-hybridized carbons (Fsp3) is 0.417. The van der Waals surface area contributed by atoms with Crippen molar-refractivity contribution < 1.29 is 9.53 Å². The topological polar surface area (TPSA) is 45.7 Å². The van der Waals surface area contributed by atoms with Crippen molar-refractivity contribution in [1.29, 1.82) is 0 Å². The molecule has 0 bridgehead atoms. The van der Waals surface area contributed by atoms with Crippen molar-refractivity contribution in [2.24, 2.45) is 0 Å². The molecule has 5 nitrogen and oxygen atoms in total. The highest BCUT2D eigenvalue weighted by Crippen LogP contribution is 2.32. The van der Waals surface area contributed by atoms with Gasteiger partial charge in [-0.05, 0) is 50.3 Å². The zero-order chi connectivity index (χ0) is 22.1. The van der Waals surface area contributed by atoms with Gasteiger partial charge in [0, 0.05) is 30.2 Å². The molecule has 3 aromatic rings. The summed E-state index contributed by atoms with van der Waals surface area (Å²) in [7, 11) is 0. The Hall–Kier alpha value is -2.09. The van der Waals surface area contributed by atoms with E-state index in [0.29, 0.717) is 19.6 Å². The molecule has 0 N–H and O–H groups in total. The lowest BCUT2D eigenvalue weighted by Crippen LogP contribution is -2.39. The van der Waals surface area contributed by atoms with E-state index < -0.39 is 0 Å². The molecule has 1 heterocycles. The Kier molecular flexibility index (Phi) is 9.18. The zero-order valence-electron chi connectivity index (χ0n) is 18.5. The van der Waals surface area contributed by atoms with Crippen LogP contribution in [-0.4, -0.2) is 54.3 Å². The van der Waals surface area contributed by atoms with Crippen LogP contribution in [0.1, 0.15) is 27.2 Å². The lowest BCUT2D eigenvalue weighted by molar-refractivity contribution is -0.118. The minimum Gasteiger partial charge on any atom is -0.494 e. The Morgan fingerprint density at radius 2 is 1.84 bits per heavy atom. The van der Waals surface area contributed by atoms with E-state index in [1.165, 1.54) is 4.90 Å². The Bertz CT molecular complexity index is 958. The fourth-order valence-electron chi connectivity index (χ4n) is 3.28. The predicted molar refractivity (Wildman–Crippen MR) is 133 cm³/mol. The molecule has 0 saturated carbocycles. The highest BCUT2D eigenvalue weighted by atomic mass is 32.2. The third-order valence-corrected chi connectivity index (χ3v) is 7.11. The molecular weight excluding hydrogens is 426 g/mol. The van der Waals surface area contributed by atoms with E-state index in [-0.39, 0.29) is 5.91 Å². The average Bonchev–Trinajstić information content (AvgIpc) is 3.20. The Morgan fingerprint density at radius 3 is 2.55 bits per heavy atom. The van der Waals surface area contributed by atoms with Crippen molar-refractivity contribution in [1.82, 2.24) is 9.88 Å². The van der Waals surface area contributed by atoms with E-state index in [0.717, 1.165) is 46.5 Å². The summed E-state index contributed by atoms with van der Waals surface area (Å²) in [5.74, 6) is 1.72.